The number of hydrogen-bond acceptors (Lipinski definition) is 5. The predicted molar refractivity (Wildman–Crippen MR) is 146 cm³/mol. The van der Waals surface area contributed by atoms with E-state index >= 15 is 0 Å². The molecule has 4 rings (SSSR count). The van der Waals surface area contributed by atoms with Gasteiger partial charge < -0.3 is 18.9 Å². The first kappa shape index (κ1) is 26.4. The van der Waals surface area contributed by atoms with Crippen molar-refractivity contribution in [3.8, 4) is 5.95 Å². The van der Waals surface area contributed by atoms with Crippen LogP contribution in [0.3, 0.4) is 0 Å². The number of anilines is 1. The van der Waals surface area contributed by atoms with Gasteiger partial charge in [0, 0.05) is 69.3 Å². The van der Waals surface area contributed by atoms with Crippen LogP contribution in [0.2, 0.25) is 0 Å². The fourth-order valence-corrected chi connectivity index (χ4v) is 6.18. The van der Waals surface area contributed by atoms with Crippen molar-refractivity contribution in [2.24, 2.45) is 7.05 Å². The Balaban J connectivity index is 1.74. The van der Waals surface area contributed by atoms with Crippen molar-refractivity contribution in [3.63, 3.8) is 0 Å². The molecule has 0 aliphatic heterocycles. The first-order chi connectivity index (χ1) is 17.2. The van der Waals surface area contributed by atoms with Gasteiger partial charge in [-0.1, -0.05) is 6.92 Å². The summed E-state index contributed by atoms with van der Waals surface area (Å²) in [6, 6.07) is 4.65. The number of nitrogens with zero attached hydrogens (tertiary/aromatic N) is 5. The zero-order chi connectivity index (χ0) is 26.3. The van der Waals surface area contributed by atoms with Crippen LogP contribution in [0, 0.1) is 27.7 Å². The lowest BCUT2D eigenvalue weighted by Crippen LogP contribution is -2.54. The normalized spacial score (nSPS) is 21.6. The number of aryl methyl sites for hydroxylation is 4. The summed E-state index contributed by atoms with van der Waals surface area (Å²) in [6.45, 7) is 17.2. The maximum Gasteiger partial charge on any atom is 0.230 e. The van der Waals surface area contributed by atoms with E-state index in [9.17, 15) is 0 Å². The molecular weight excluding hydrogens is 450 g/mol. The smallest absolute Gasteiger partial charge is 0.230 e. The lowest BCUT2D eigenvalue weighted by molar-refractivity contribution is -0.116. The third kappa shape index (κ3) is 4.16. The van der Waals surface area contributed by atoms with Gasteiger partial charge in [0.2, 0.25) is 5.95 Å². The molecule has 0 bridgehead atoms. The van der Waals surface area contributed by atoms with Gasteiger partial charge in [-0.2, -0.15) is 5.10 Å². The molecule has 3 aromatic rings. The van der Waals surface area contributed by atoms with E-state index in [0.717, 1.165) is 42.5 Å². The number of benzene rings is 1. The molecule has 1 aromatic carbocycles. The highest BCUT2D eigenvalue weighted by Gasteiger charge is 2.54. The van der Waals surface area contributed by atoms with E-state index in [1.54, 1.807) is 0 Å². The van der Waals surface area contributed by atoms with Crippen LogP contribution in [0.4, 0.5) is 5.69 Å². The van der Waals surface area contributed by atoms with Gasteiger partial charge in [-0.05, 0) is 76.8 Å². The summed E-state index contributed by atoms with van der Waals surface area (Å²) in [4.78, 5) is 7.17. The Kier molecular flexibility index (Phi) is 7.62. The summed E-state index contributed by atoms with van der Waals surface area (Å²) in [5.74, 6) is 1.11. The first-order valence-corrected chi connectivity index (χ1v) is 13.2. The average molecular weight is 494 g/mol. The molecule has 0 radical (unpaired) electrons. The van der Waals surface area contributed by atoms with Crippen LogP contribution in [-0.4, -0.2) is 58.8 Å². The van der Waals surface area contributed by atoms with Crippen LogP contribution < -0.4 is 4.90 Å². The van der Waals surface area contributed by atoms with Gasteiger partial charge >= 0.3 is 0 Å². The Morgan fingerprint density at radius 3 is 1.94 bits per heavy atom. The molecule has 0 amide bonds. The maximum atomic E-state index is 6.20. The van der Waals surface area contributed by atoms with Crippen LogP contribution in [0.5, 0.6) is 0 Å². The molecule has 2 atom stereocenters. The number of methoxy groups -OCH3 is 2. The minimum atomic E-state index is 0.0134. The first-order valence-electron chi connectivity index (χ1n) is 13.2. The second kappa shape index (κ2) is 10.4. The molecular formula is C29H43N5O2. The van der Waals surface area contributed by atoms with Crippen LogP contribution in [0.25, 0.3) is 5.95 Å². The van der Waals surface area contributed by atoms with E-state index in [-0.39, 0.29) is 24.0 Å². The Morgan fingerprint density at radius 2 is 1.50 bits per heavy atom. The minimum absolute atomic E-state index is 0.0134. The highest BCUT2D eigenvalue weighted by molar-refractivity contribution is 5.56. The van der Waals surface area contributed by atoms with E-state index in [4.69, 9.17) is 19.6 Å². The van der Waals surface area contributed by atoms with Crippen molar-refractivity contribution >= 4 is 5.69 Å². The van der Waals surface area contributed by atoms with Crippen molar-refractivity contribution in [1.82, 2.24) is 19.3 Å². The van der Waals surface area contributed by atoms with Gasteiger partial charge in [0.15, 0.2) is 0 Å². The number of imidazole rings is 1. The fourth-order valence-electron chi connectivity index (χ4n) is 6.18. The molecule has 7 nitrogen and oxygen atoms in total. The van der Waals surface area contributed by atoms with E-state index < -0.39 is 0 Å². The number of rotatable bonds is 9. The zero-order valence-electron chi connectivity index (χ0n) is 23.7. The summed E-state index contributed by atoms with van der Waals surface area (Å²) < 4.78 is 16.4. The van der Waals surface area contributed by atoms with Gasteiger partial charge in [-0.3, -0.25) is 0 Å². The van der Waals surface area contributed by atoms with E-state index in [2.05, 4.69) is 69.3 Å². The number of aromatic nitrogens is 4. The third-order valence-electron chi connectivity index (χ3n) is 8.32. The Morgan fingerprint density at radius 1 is 0.917 bits per heavy atom. The monoisotopic (exact) mass is 493 g/mol. The van der Waals surface area contributed by atoms with E-state index in [0.29, 0.717) is 0 Å². The molecule has 7 heteroatoms. The summed E-state index contributed by atoms with van der Waals surface area (Å²) in [5.41, 5.74) is 9.67. The number of ether oxygens (including phenoxy) is 2. The second-order valence-electron chi connectivity index (χ2n) is 10.1. The minimum Gasteiger partial charge on any atom is -0.380 e. The Labute approximate surface area is 216 Å². The zero-order valence-corrected chi connectivity index (χ0v) is 23.7. The molecule has 196 valence electrons. The number of hydrogen-bond donors (Lipinski definition) is 0. The molecule has 36 heavy (non-hydrogen) atoms. The summed E-state index contributed by atoms with van der Waals surface area (Å²) in [7, 11) is 5.69. The summed E-state index contributed by atoms with van der Waals surface area (Å²) in [6.07, 6.45) is 3.01. The molecule has 1 aliphatic carbocycles. The predicted octanol–water partition coefficient (Wildman–Crippen LogP) is 5.16. The molecule has 2 aromatic heterocycles. The maximum absolute atomic E-state index is 6.20. The highest BCUT2D eigenvalue weighted by atomic mass is 16.5. The SMILES string of the molecule is CCc1nn(-c2nc(C)c(C)n2C)cc1C1C(OC)C(c2c(C)cc(N(CC)CC)cc2C)C1OC. The third-order valence-corrected chi connectivity index (χ3v) is 8.32. The lowest BCUT2D eigenvalue weighted by atomic mass is 9.61. The van der Waals surface area contributed by atoms with Gasteiger partial charge in [-0.25, -0.2) is 9.67 Å². The van der Waals surface area contributed by atoms with Crippen molar-refractivity contribution in [3.05, 3.63) is 57.7 Å². The largest absolute Gasteiger partial charge is 0.380 e. The van der Waals surface area contributed by atoms with E-state index in [1.807, 2.05) is 32.9 Å². The van der Waals surface area contributed by atoms with Gasteiger partial charge in [0.1, 0.15) is 0 Å². The molecule has 0 spiro atoms. The topological polar surface area (TPSA) is 57.3 Å². The van der Waals surface area contributed by atoms with Crippen LogP contribution in [0.15, 0.2) is 18.3 Å². The molecule has 1 aliphatic rings. The summed E-state index contributed by atoms with van der Waals surface area (Å²) >= 11 is 0. The van der Waals surface area contributed by atoms with Crippen molar-refractivity contribution in [2.45, 2.75) is 78.9 Å². The molecule has 1 saturated carbocycles. The Hall–Kier alpha value is -2.64. The molecule has 0 saturated heterocycles. The second-order valence-corrected chi connectivity index (χ2v) is 10.1. The Bertz CT molecular complexity index is 1190. The van der Waals surface area contributed by atoms with Gasteiger partial charge in [0.25, 0.3) is 0 Å². The van der Waals surface area contributed by atoms with Crippen LogP contribution in [0.1, 0.15) is 71.9 Å². The van der Waals surface area contributed by atoms with Gasteiger partial charge in [0.05, 0.1) is 23.6 Å². The van der Waals surface area contributed by atoms with Crippen molar-refractivity contribution in [1.29, 1.82) is 0 Å². The molecule has 0 N–H and O–H groups in total. The summed E-state index contributed by atoms with van der Waals surface area (Å²) in [5, 5.41) is 4.95. The average Bonchev–Trinajstić information content (AvgIpc) is 3.37. The highest BCUT2D eigenvalue weighted by Crippen LogP contribution is 2.53. The van der Waals surface area contributed by atoms with E-state index in [1.165, 1.54) is 27.9 Å². The fraction of sp³-hybridized carbons (Fsp3) is 0.586. The van der Waals surface area contributed by atoms with Crippen LogP contribution >= 0.6 is 0 Å². The van der Waals surface area contributed by atoms with Crippen molar-refractivity contribution < 1.29 is 9.47 Å². The molecule has 1 fully saturated rings. The van der Waals surface area contributed by atoms with Crippen molar-refractivity contribution in [2.75, 3.05) is 32.2 Å². The molecule has 2 heterocycles. The molecule has 2 unspecified atom stereocenters. The quantitative estimate of drug-likeness (QED) is 0.412. The van der Waals surface area contributed by atoms with Gasteiger partial charge in [-0.15, -0.1) is 0 Å². The van der Waals surface area contributed by atoms with Crippen LogP contribution in [-0.2, 0) is 22.9 Å². The standard InChI is InChI=1S/C29H43N5O2/c1-11-23-22(16-34(31-23)29-30-19(6)20(7)32(29)8)25-27(35-9)26(28(25)36-10)24-17(4)14-21(15-18(24)5)33(12-2)13-3/h14-16,25-28H,11-13H2,1-10H3. The lowest BCUT2D eigenvalue weighted by Gasteiger charge is -2.51.